The number of nitro benzene ring substituents is 1. The Bertz CT molecular complexity index is 1230. The minimum Gasteiger partial charge on any atom is -1.00 e. The Morgan fingerprint density at radius 2 is 1.66 bits per heavy atom. The van der Waals surface area contributed by atoms with Gasteiger partial charge in [-0.15, -0.1) is 0 Å². The van der Waals surface area contributed by atoms with E-state index in [0.717, 1.165) is 12.8 Å². The van der Waals surface area contributed by atoms with E-state index >= 15 is 0 Å². The van der Waals surface area contributed by atoms with Crippen molar-refractivity contribution in [2.45, 2.75) is 32.9 Å². The molecule has 0 spiro atoms. The minimum atomic E-state index is -0.533. The van der Waals surface area contributed by atoms with Gasteiger partial charge in [0, 0.05) is 28.8 Å². The lowest BCUT2D eigenvalue weighted by Crippen LogP contribution is -3.00. The third-order valence-corrected chi connectivity index (χ3v) is 5.39. The first-order chi connectivity index (χ1) is 14.9. The van der Waals surface area contributed by atoms with E-state index < -0.39 is 4.92 Å². The van der Waals surface area contributed by atoms with E-state index in [-0.39, 0.29) is 52.3 Å². The number of halogens is 1. The predicted octanol–water partition coefficient (Wildman–Crippen LogP) is 0.146. The average molecular weight is 498 g/mol. The topological polar surface area (TPSA) is 103 Å². The summed E-state index contributed by atoms with van der Waals surface area (Å²) in [6.45, 7) is 2.43. The maximum Gasteiger partial charge on any atom is 0.269 e. The first-order valence-electron chi connectivity index (χ1n) is 10.0. The van der Waals surface area contributed by atoms with Gasteiger partial charge in [-0.2, -0.15) is 0 Å². The monoisotopic (exact) mass is 497 g/mol. The molecule has 1 heterocycles. The van der Waals surface area contributed by atoms with Gasteiger partial charge in [0.05, 0.1) is 11.5 Å². The molecule has 0 saturated heterocycles. The fourth-order valence-electron chi connectivity index (χ4n) is 3.80. The van der Waals surface area contributed by atoms with Crippen molar-refractivity contribution in [3.05, 3.63) is 93.1 Å². The molecule has 8 nitrogen and oxygen atoms in total. The third kappa shape index (κ3) is 4.03. The highest BCUT2D eigenvalue weighted by Crippen LogP contribution is 2.26. The van der Waals surface area contributed by atoms with E-state index in [1.165, 1.54) is 28.8 Å². The maximum absolute atomic E-state index is 13.2. The molecule has 3 aromatic rings. The molecule has 1 aliphatic carbocycles. The second-order valence-electron chi connectivity index (χ2n) is 7.42. The van der Waals surface area contributed by atoms with E-state index in [0.29, 0.717) is 28.9 Å². The highest BCUT2D eigenvalue weighted by atomic mass is 79.9. The molecular weight excluding hydrogens is 478 g/mol. The van der Waals surface area contributed by atoms with Crippen LogP contribution in [0.15, 0.2) is 54.9 Å². The van der Waals surface area contributed by atoms with Crippen molar-refractivity contribution in [2.24, 2.45) is 0 Å². The number of ketones is 3. The van der Waals surface area contributed by atoms with Crippen LogP contribution in [-0.4, -0.2) is 26.8 Å². The number of rotatable bonds is 7. The number of nitro groups is 1. The Labute approximate surface area is 194 Å². The van der Waals surface area contributed by atoms with Crippen molar-refractivity contribution in [3.63, 3.8) is 0 Å². The van der Waals surface area contributed by atoms with Gasteiger partial charge in [-0.05, 0) is 18.6 Å². The molecule has 0 bridgehead atoms. The van der Waals surface area contributed by atoms with Gasteiger partial charge in [0.2, 0.25) is 35.1 Å². The summed E-state index contributed by atoms with van der Waals surface area (Å²) in [5.41, 5.74) is 1.38. The number of fused-ring (bicyclic) bond motifs is 2. The Morgan fingerprint density at radius 1 is 1.03 bits per heavy atom. The number of imidazole rings is 1. The van der Waals surface area contributed by atoms with Gasteiger partial charge < -0.3 is 17.0 Å². The quantitative estimate of drug-likeness (QED) is 0.156. The molecule has 0 atom stereocenters. The van der Waals surface area contributed by atoms with Crippen LogP contribution in [0.4, 0.5) is 5.69 Å². The van der Waals surface area contributed by atoms with Crippen LogP contribution in [0.2, 0.25) is 0 Å². The fraction of sp³-hybridized carbons (Fsp3) is 0.217. The summed E-state index contributed by atoms with van der Waals surface area (Å²) in [5.74, 6) is -0.839. The second-order valence-corrected chi connectivity index (χ2v) is 7.42. The molecular formula is C23H20BrN3O5. The van der Waals surface area contributed by atoms with Crippen molar-refractivity contribution in [3.8, 4) is 0 Å². The van der Waals surface area contributed by atoms with Crippen LogP contribution in [0.5, 0.6) is 0 Å². The number of hydrogen-bond acceptors (Lipinski definition) is 5. The molecule has 0 unspecified atom stereocenters. The lowest BCUT2D eigenvalue weighted by Gasteiger charge is -2.12. The third-order valence-electron chi connectivity index (χ3n) is 5.39. The largest absolute Gasteiger partial charge is 1.00 e. The van der Waals surface area contributed by atoms with Gasteiger partial charge in [-0.1, -0.05) is 37.6 Å². The molecule has 1 aromatic heterocycles. The first-order valence-corrected chi connectivity index (χ1v) is 10.0. The number of benzene rings is 2. The van der Waals surface area contributed by atoms with Crippen molar-refractivity contribution in [2.75, 3.05) is 0 Å². The van der Waals surface area contributed by atoms with E-state index in [4.69, 9.17) is 0 Å². The van der Waals surface area contributed by atoms with Crippen LogP contribution < -0.4 is 21.5 Å². The molecule has 164 valence electrons. The lowest BCUT2D eigenvalue weighted by atomic mass is 9.90. The minimum absolute atomic E-state index is 0. The average Bonchev–Trinajstić information content (AvgIpc) is 3.14. The van der Waals surface area contributed by atoms with E-state index in [2.05, 4.69) is 0 Å². The van der Waals surface area contributed by atoms with E-state index in [1.807, 2.05) is 6.92 Å². The Balaban J connectivity index is 0.00000289. The predicted molar refractivity (Wildman–Crippen MR) is 110 cm³/mol. The Hall–Kier alpha value is -3.46. The number of unbranched alkanes of at least 4 members (excludes halogenated alkanes) is 1. The molecule has 0 radical (unpaired) electrons. The molecule has 32 heavy (non-hydrogen) atoms. The van der Waals surface area contributed by atoms with Gasteiger partial charge in [0.25, 0.3) is 5.69 Å². The number of nitrogens with zero attached hydrogens (tertiary/aromatic N) is 3. The molecule has 0 saturated carbocycles. The van der Waals surface area contributed by atoms with E-state index in [9.17, 15) is 24.5 Å². The molecule has 0 amide bonds. The zero-order chi connectivity index (χ0) is 22.1. The summed E-state index contributed by atoms with van der Waals surface area (Å²) in [7, 11) is 0. The van der Waals surface area contributed by atoms with Crippen molar-refractivity contribution < 1.29 is 40.9 Å². The smallest absolute Gasteiger partial charge is 0.269 e. The zero-order valence-electron chi connectivity index (χ0n) is 17.3. The van der Waals surface area contributed by atoms with Gasteiger partial charge in [-0.3, -0.25) is 24.5 Å². The summed E-state index contributed by atoms with van der Waals surface area (Å²) < 4.78 is 3.27. The first kappa shape index (κ1) is 23.2. The summed E-state index contributed by atoms with van der Waals surface area (Å²) in [4.78, 5) is 49.5. The molecule has 2 aromatic carbocycles. The second kappa shape index (κ2) is 9.35. The molecule has 0 N–H and O–H groups in total. The number of carbonyl (C=O) groups is 3. The standard InChI is InChI=1S/C23H20N3O5.BrH/c1-2-3-12-24-14-25(13-19(27)15-8-10-16(11-9-15)26(30)31)21-20(24)22(28)17-6-4-5-7-18(17)23(21)29;/h4-11,14H,2-3,12-13H2,1H3;1H/q+1;/p-1. The van der Waals surface area contributed by atoms with Crippen LogP contribution in [0.3, 0.4) is 0 Å². The summed E-state index contributed by atoms with van der Waals surface area (Å²) >= 11 is 0. The Kier molecular flexibility index (Phi) is 6.78. The van der Waals surface area contributed by atoms with Crippen LogP contribution in [-0.2, 0) is 13.1 Å². The number of Topliss-reactive ketones (excluding diaryl/α,β-unsaturated/α-hetero) is 1. The van der Waals surface area contributed by atoms with Crippen LogP contribution >= 0.6 is 0 Å². The number of aromatic nitrogens is 2. The SMILES string of the molecule is CCCCn1c[n+](CC(=O)c2ccc([N+](=O)[O-])cc2)c2c1C(=O)c1ccccc1C2=O.[Br-]. The fourth-order valence-corrected chi connectivity index (χ4v) is 3.80. The number of non-ortho nitro benzene ring substituents is 1. The van der Waals surface area contributed by atoms with Gasteiger partial charge in [0.15, 0.2) is 6.54 Å². The van der Waals surface area contributed by atoms with Crippen molar-refractivity contribution >= 4 is 23.0 Å². The van der Waals surface area contributed by atoms with Crippen LogP contribution in [0.25, 0.3) is 0 Å². The summed E-state index contributed by atoms with van der Waals surface area (Å²) in [6, 6.07) is 12.0. The molecule has 9 heteroatoms. The molecule has 0 fully saturated rings. The molecule has 1 aliphatic rings. The van der Waals surface area contributed by atoms with Crippen LogP contribution in [0, 0.1) is 10.1 Å². The highest BCUT2D eigenvalue weighted by Gasteiger charge is 2.41. The number of aryl methyl sites for hydroxylation is 1. The van der Waals surface area contributed by atoms with Crippen molar-refractivity contribution in [1.82, 2.24) is 4.57 Å². The summed E-state index contributed by atoms with van der Waals surface area (Å²) in [5, 5.41) is 10.8. The molecule has 4 rings (SSSR count). The number of carbonyl (C=O) groups excluding carboxylic acids is 3. The zero-order valence-corrected chi connectivity index (χ0v) is 18.9. The maximum atomic E-state index is 13.2. The highest BCUT2D eigenvalue weighted by molar-refractivity contribution is 6.26. The lowest BCUT2D eigenvalue weighted by molar-refractivity contribution is -0.684. The van der Waals surface area contributed by atoms with Gasteiger partial charge in [0.1, 0.15) is 0 Å². The Morgan fingerprint density at radius 3 is 2.25 bits per heavy atom. The normalized spacial score (nSPS) is 12.0. The molecule has 0 aliphatic heterocycles. The summed E-state index contributed by atoms with van der Waals surface area (Å²) in [6.07, 6.45) is 3.37. The van der Waals surface area contributed by atoms with E-state index in [1.54, 1.807) is 35.2 Å². The van der Waals surface area contributed by atoms with Crippen LogP contribution in [0.1, 0.15) is 62.2 Å². The van der Waals surface area contributed by atoms with Gasteiger partial charge in [-0.25, -0.2) is 9.13 Å². The van der Waals surface area contributed by atoms with Crippen molar-refractivity contribution in [1.29, 1.82) is 0 Å². The number of hydrogen-bond donors (Lipinski definition) is 0. The van der Waals surface area contributed by atoms with Gasteiger partial charge >= 0.3 is 0 Å².